The standard InChI is InChI=1S/C17H25N3O5S/c1-18-5-7-20(8-6-18)26(22,23)14-3-4-16(15(13-14)17(21)24-2)19-9-11-25-12-10-19/h3-4,13H,5-12H2,1-2H3. The second-order valence-electron chi connectivity index (χ2n) is 6.48. The Kier molecular flexibility index (Phi) is 5.81. The van der Waals surface area contributed by atoms with Gasteiger partial charge in [0.2, 0.25) is 10.0 Å². The fourth-order valence-electron chi connectivity index (χ4n) is 3.21. The number of hydrogen-bond donors (Lipinski definition) is 0. The van der Waals surface area contributed by atoms with Crippen molar-refractivity contribution in [1.82, 2.24) is 9.21 Å². The van der Waals surface area contributed by atoms with Crippen LogP contribution in [0.5, 0.6) is 0 Å². The molecule has 0 unspecified atom stereocenters. The van der Waals surface area contributed by atoms with Crippen LogP contribution in [0.2, 0.25) is 0 Å². The fraction of sp³-hybridized carbons (Fsp3) is 0.588. The number of nitrogens with zero attached hydrogens (tertiary/aromatic N) is 3. The van der Waals surface area contributed by atoms with Crippen LogP contribution in [0.3, 0.4) is 0 Å². The number of sulfonamides is 1. The number of hydrogen-bond acceptors (Lipinski definition) is 7. The summed E-state index contributed by atoms with van der Waals surface area (Å²) in [5.74, 6) is -0.540. The number of morpholine rings is 1. The molecule has 0 saturated carbocycles. The monoisotopic (exact) mass is 383 g/mol. The smallest absolute Gasteiger partial charge is 0.340 e. The molecule has 2 fully saturated rings. The Hall–Kier alpha value is -1.68. The van der Waals surface area contributed by atoms with Crippen LogP contribution in [0.25, 0.3) is 0 Å². The SMILES string of the molecule is COC(=O)c1cc(S(=O)(=O)N2CCN(C)CC2)ccc1N1CCOCC1. The van der Waals surface area contributed by atoms with Gasteiger partial charge in [-0.25, -0.2) is 13.2 Å². The minimum Gasteiger partial charge on any atom is -0.465 e. The van der Waals surface area contributed by atoms with Gasteiger partial charge in [0.25, 0.3) is 0 Å². The molecule has 2 aliphatic heterocycles. The molecule has 2 saturated heterocycles. The number of carbonyl (C=O) groups excluding carboxylic acids is 1. The van der Waals surface area contributed by atoms with E-state index in [2.05, 4.69) is 4.90 Å². The van der Waals surface area contributed by atoms with Crippen molar-refractivity contribution in [2.75, 3.05) is 71.5 Å². The number of piperazine rings is 1. The molecule has 2 heterocycles. The number of anilines is 1. The van der Waals surface area contributed by atoms with Gasteiger partial charge in [0, 0.05) is 39.3 Å². The van der Waals surface area contributed by atoms with Gasteiger partial charge in [0.15, 0.2) is 0 Å². The second-order valence-corrected chi connectivity index (χ2v) is 8.42. The maximum Gasteiger partial charge on any atom is 0.340 e. The minimum atomic E-state index is -3.64. The zero-order chi connectivity index (χ0) is 18.7. The number of carbonyl (C=O) groups is 1. The van der Waals surface area contributed by atoms with Crippen molar-refractivity contribution >= 4 is 21.7 Å². The summed E-state index contributed by atoms with van der Waals surface area (Å²) >= 11 is 0. The van der Waals surface area contributed by atoms with Crippen molar-refractivity contribution in [3.63, 3.8) is 0 Å². The summed E-state index contributed by atoms with van der Waals surface area (Å²) in [7, 11) is -0.374. The predicted octanol–water partition coefficient (Wildman–Crippen LogP) is 0.246. The highest BCUT2D eigenvalue weighted by Gasteiger charge is 2.29. The molecule has 8 nitrogen and oxygen atoms in total. The number of esters is 1. The Morgan fingerprint density at radius 2 is 1.73 bits per heavy atom. The molecule has 0 aliphatic carbocycles. The first-order chi connectivity index (χ1) is 12.4. The van der Waals surface area contributed by atoms with E-state index in [0.29, 0.717) is 58.2 Å². The van der Waals surface area contributed by atoms with Gasteiger partial charge in [-0.2, -0.15) is 4.31 Å². The van der Waals surface area contributed by atoms with Gasteiger partial charge in [0.05, 0.1) is 36.5 Å². The lowest BCUT2D eigenvalue weighted by atomic mass is 10.1. The molecule has 1 aromatic rings. The van der Waals surface area contributed by atoms with Crippen molar-refractivity contribution in [2.24, 2.45) is 0 Å². The summed E-state index contributed by atoms with van der Waals surface area (Å²) < 4.78 is 37.6. The lowest BCUT2D eigenvalue weighted by molar-refractivity contribution is 0.0600. The molecule has 0 N–H and O–H groups in total. The average molecular weight is 383 g/mol. The summed E-state index contributed by atoms with van der Waals surface area (Å²) in [5, 5.41) is 0. The summed E-state index contributed by atoms with van der Waals surface area (Å²) in [6, 6.07) is 4.70. The van der Waals surface area contributed by atoms with Gasteiger partial charge >= 0.3 is 5.97 Å². The Bertz CT molecular complexity index is 754. The van der Waals surface area contributed by atoms with E-state index in [4.69, 9.17) is 9.47 Å². The van der Waals surface area contributed by atoms with Crippen LogP contribution in [0, 0.1) is 0 Å². The molecule has 9 heteroatoms. The number of rotatable bonds is 4. The normalized spacial score (nSPS) is 20.2. The Morgan fingerprint density at radius 3 is 2.35 bits per heavy atom. The first kappa shape index (κ1) is 19.1. The lowest BCUT2D eigenvalue weighted by Crippen LogP contribution is -2.47. The Morgan fingerprint density at radius 1 is 1.08 bits per heavy atom. The Balaban J connectivity index is 1.94. The molecule has 0 bridgehead atoms. The van der Waals surface area contributed by atoms with Crippen LogP contribution in [0.4, 0.5) is 5.69 Å². The maximum absolute atomic E-state index is 13.0. The van der Waals surface area contributed by atoms with Crippen LogP contribution >= 0.6 is 0 Å². The second kappa shape index (κ2) is 7.91. The van der Waals surface area contributed by atoms with E-state index < -0.39 is 16.0 Å². The topological polar surface area (TPSA) is 79.4 Å². The maximum atomic E-state index is 13.0. The van der Waals surface area contributed by atoms with Gasteiger partial charge < -0.3 is 19.3 Å². The minimum absolute atomic E-state index is 0.125. The van der Waals surface area contributed by atoms with Crippen LogP contribution in [0.1, 0.15) is 10.4 Å². The van der Waals surface area contributed by atoms with Gasteiger partial charge in [-0.15, -0.1) is 0 Å². The summed E-state index contributed by atoms with van der Waals surface area (Å²) in [4.78, 5) is 16.5. The number of likely N-dealkylation sites (N-methyl/N-ethyl adjacent to an activating group) is 1. The Labute approximate surface area is 154 Å². The molecule has 0 aromatic heterocycles. The van der Waals surface area contributed by atoms with E-state index in [0.717, 1.165) is 0 Å². The van der Waals surface area contributed by atoms with Crippen LogP contribution < -0.4 is 4.90 Å². The molecular weight excluding hydrogens is 358 g/mol. The van der Waals surface area contributed by atoms with Crippen molar-refractivity contribution in [3.8, 4) is 0 Å². The van der Waals surface area contributed by atoms with Crippen LogP contribution in [-0.4, -0.2) is 90.2 Å². The van der Waals surface area contributed by atoms with E-state index in [-0.39, 0.29) is 10.5 Å². The molecule has 3 rings (SSSR count). The van der Waals surface area contributed by atoms with Crippen LogP contribution in [0.15, 0.2) is 23.1 Å². The van der Waals surface area contributed by atoms with E-state index in [1.54, 1.807) is 12.1 Å². The molecule has 2 aliphatic rings. The zero-order valence-corrected chi connectivity index (χ0v) is 16.0. The third kappa shape index (κ3) is 3.85. The first-order valence-corrected chi connectivity index (χ1v) is 10.1. The number of ether oxygens (including phenoxy) is 2. The molecule has 0 atom stereocenters. The molecule has 1 aromatic carbocycles. The molecule has 0 radical (unpaired) electrons. The van der Waals surface area contributed by atoms with Crippen molar-refractivity contribution in [3.05, 3.63) is 23.8 Å². The zero-order valence-electron chi connectivity index (χ0n) is 15.2. The van der Waals surface area contributed by atoms with E-state index in [1.165, 1.54) is 17.5 Å². The summed E-state index contributed by atoms with van der Waals surface area (Å²) in [6.07, 6.45) is 0. The highest BCUT2D eigenvalue weighted by Crippen LogP contribution is 2.27. The lowest BCUT2D eigenvalue weighted by Gasteiger charge is -2.32. The molecule has 26 heavy (non-hydrogen) atoms. The van der Waals surface area contributed by atoms with Gasteiger partial charge in [-0.1, -0.05) is 0 Å². The highest BCUT2D eigenvalue weighted by molar-refractivity contribution is 7.89. The van der Waals surface area contributed by atoms with E-state index in [1.807, 2.05) is 11.9 Å². The summed E-state index contributed by atoms with van der Waals surface area (Å²) in [6.45, 7) is 4.70. The molecular formula is C17H25N3O5S. The predicted molar refractivity (Wildman–Crippen MR) is 97.1 cm³/mol. The fourth-order valence-corrected chi connectivity index (χ4v) is 4.66. The van der Waals surface area contributed by atoms with Gasteiger partial charge in [-0.3, -0.25) is 0 Å². The van der Waals surface area contributed by atoms with Crippen molar-refractivity contribution < 1.29 is 22.7 Å². The van der Waals surface area contributed by atoms with Crippen LogP contribution in [-0.2, 0) is 19.5 Å². The number of methoxy groups -OCH3 is 1. The van der Waals surface area contributed by atoms with Crippen molar-refractivity contribution in [1.29, 1.82) is 0 Å². The van der Waals surface area contributed by atoms with E-state index >= 15 is 0 Å². The number of benzene rings is 1. The van der Waals surface area contributed by atoms with E-state index in [9.17, 15) is 13.2 Å². The first-order valence-electron chi connectivity index (χ1n) is 8.67. The molecule has 0 amide bonds. The summed E-state index contributed by atoms with van der Waals surface area (Å²) in [5.41, 5.74) is 0.946. The largest absolute Gasteiger partial charge is 0.465 e. The van der Waals surface area contributed by atoms with Gasteiger partial charge in [0.1, 0.15) is 0 Å². The van der Waals surface area contributed by atoms with Crippen molar-refractivity contribution in [2.45, 2.75) is 4.90 Å². The molecule has 0 spiro atoms. The molecule has 144 valence electrons. The highest BCUT2D eigenvalue weighted by atomic mass is 32.2. The third-order valence-electron chi connectivity index (χ3n) is 4.83. The average Bonchev–Trinajstić information content (AvgIpc) is 2.68. The van der Waals surface area contributed by atoms with Gasteiger partial charge in [-0.05, 0) is 25.2 Å². The third-order valence-corrected chi connectivity index (χ3v) is 6.72. The quantitative estimate of drug-likeness (QED) is 0.690.